The summed E-state index contributed by atoms with van der Waals surface area (Å²) >= 11 is 0. The summed E-state index contributed by atoms with van der Waals surface area (Å²) in [5.41, 5.74) is 6.09. The first kappa shape index (κ1) is 30.1. The molecule has 0 amide bonds. The summed E-state index contributed by atoms with van der Waals surface area (Å²) < 4.78 is 26.4. The maximum atomic E-state index is 12.5. The summed E-state index contributed by atoms with van der Waals surface area (Å²) in [6.45, 7) is 0. The van der Waals surface area contributed by atoms with E-state index in [1.807, 2.05) is 0 Å². The number of benzene rings is 3. The van der Waals surface area contributed by atoms with E-state index in [0.717, 1.165) is 0 Å². The van der Waals surface area contributed by atoms with Crippen LogP contribution in [-0.2, 0) is 28.6 Å². The molecule has 204 valence electrons. The lowest BCUT2D eigenvalue weighted by molar-refractivity contribution is -0.166. The predicted molar refractivity (Wildman–Crippen MR) is 132 cm³/mol. The van der Waals surface area contributed by atoms with Crippen molar-refractivity contribution >= 4 is 29.8 Å². The third kappa shape index (κ3) is 9.05. The summed E-state index contributed by atoms with van der Waals surface area (Å²) in [5, 5.41) is 18.5. The van der Waals surface area contributed by atoms with Crippen LogP contribution < -0.4 is 5.73 Å². The number of hydrogen-bond donors (Lipinski definition) is 3. The van der Waals surface area contributed by atoms with E-state index in [1.54, 1.807) is 12.1 Å². The van der Waals surface area contributed by atoms with Crippen LogP contribution >= 0.6 is 0 Å². The average Bonchev–Trinajstić information content (AvgIpc) is 2.95. The average molecular weight is 541 g/mol. The van der Waals surface area contributed by atoms with E-state index in [-0.39, 0.29) is 16.9 Å². The van der Waals surface area contributed by atoms with Crippen molar-refractivity contribution in [3.05, 3.63) is 107 Å². The molecule has 3 aromatic rings. The largest absolute Gasteiger partial charge is 0.478 e. The Morgan fingerprint density at radius 3 is 1.41 bits per heavy atom. The fraction of sp³-hybridized carbons (Fsp3) is 0.148. The Balaban J connectivity index is 0.000000344. The molecule has 3 aromatic carbocycles. The Labute approximate surface area is 221 Å². The van der Waals surface area contributed by atoms with Gasteiger partial charge in [0.1, 0.15) is 11.9 Å². The highest BCUT2D eigenvalue weighted by Crippen LogP contribution is 2.14. The Morgan fingerprint density at radius 1 is 0.692 bits per heavy atom. The zero-order valence-corrected chi connectivity index (χ0v) is 20.4. The number of esters is 3. The number of hydrogen-bond acceptors (Lipinski definition) is 9. The molecule has 4 N–H and O–H groups in total. The van der Waals surface area contributed by atoms with Crippen LogP contribution in [0.1, 0.15) is 32.3 Å². The van der Waals surface area contributed by atoms with E-state index in [0.29, 0.717) is 5.56 Å². The second-order valence-electron chi connectivity index (χ2n) is 7.61. The molecule has 0 aliphatic rings. The summed E-state index contributed by atoms with van der Waals surface area (Å²) in [4.78, 5) is 57.8. The molecule has 0 bridgehead atoms. The highest BCUT2D eigenvalue weighted by Gasteiger charge is 2.41. The molecule has 0 radical (unpaired) electrons. The van der Waals surface area contributed by atoms with Gasteiger partial charge in [-0.05, 0) is 42.0 Å². The number of rotatable bonds is 9. The van der Waals surface area contributed by atoms with Crippen LogP contribution in [0.3, 0.4) is 0 Å². The number of aliphatic carboxylic acids is 2. The molecule has 0 aliphatic carbocycles. The van der Waals surface area contributed by atoms with Gasteiger partial charge in [0.15, 0.2) is 0 Å². The molecule has 0 saturated carbocycles. The van der Waals surface area contributed by atoms with Crippen molar-refractivity contribution in [1.82, 2.24) is 0 Å². The van der Waals surface area contributed by atoms with Crippen molar-refractivity contribution in [2.24, 2.45) is 5.73 Å². The number of halogens is 1. The highest BCUT2D eigenvalue weighted by atomic mass is 19.1. The molecule has 3 rings (SSSR count). The molecule has 39 heavy (non-hydrogen) atoms. The second kappa shape index (κ2) is 14.6. The van der Waals surface area contributed by atoms with Crippen molar-refractivity contribution in [2.75, 3.05) is 7.11 Å². The molecular formula is C27H24FNO10. The van der Waals surface area contributed by atoms with Gasteiger partial charge in [-0.3, -0.25) is 4.79 Å². The van der Waals surface area contributed by atoms with E-state index in [1.165, 1.54) is 79.9 Å². The van der Waals surface area contributed by atoms with Gasteiger partial charge in [-0.25, -0.2) is 23.6 Å². The first-order valence-corrected chi connectivity index (χ1v) is 11.1. The number of methoxy groups -OCH3 is 1. The van der Waals surface area contributed by atoms with Crippen LogP contribution in [-0.4, -0.2) is 59.4 Å². The van der Waals surface area contributed by atoms with E-state index in [2.05, 4.69) is 4.74 Å². The minimum atomic E-state index is -2.21. The molecule has 11 nitrogen and oxygen atoms in total. The fourth-order valence-corrected chi connectivity index (χ4v) is 2.93. The predicted octanol–water partition coefficient (Wildman–Crippen LogP) is 2.61. The SMILES string of the molecule is COC(=O)[C@H](N)c1ccc(F)cc1.O=C(O[C@@H](C(=O)O)[C@@H](OC(=O)c1ccccc1)C(=O)O)c1ccccc1. The number of carbonyl (C=O) groups is 5. The third-order valence-corrected chi connectivity index (χ3v) is 4.93. The van der Waals surface area contributed by atoms with Gasteiger partial charge in [0, 0.05) is 0 Å². The molecule has 0 fully saturated rings. The van der Waals surface area contributed by atoms with E-state index in [4.69, 9.17) is 15.2 Å². The highest BCUT2D eigenvalue weighted by molar-refractivity contribution is 5.95. The molecular weight excluding hydrogens is 517 g/mol. The van der Waals surface area contributed by atoms with Crippen LogP contribution in [0.15, 0.2) is 84.9 Å². The van der Waals surface area contributed by atoms with Crippen LogP contribution in [0, 0.1) is 5.82 Å². The zero-order valence-electron chi connectivity index (χ0n) is 20.4. The Bertz CT molecular complexity index is 1210. The van der Waals surface area contributed by atoms with E-state index >= 15 is 0 Å². The van der Waals surface area contributed by atoms with Gasteiger partial charge in [-0.15, -0.1) is 0 Å². The normalized spacial score (nSPS) is 12.4. The summed E-state index contributed by atoms with van der Waals surface area (Å²) in [6.07, 6.45) is -4.43. The zero-order chi connectivity index (χ0) is 28.9. The lowest BCUT2D eigenvalue weighted by atomic mass is 10.1. The minimum Gasteiger partial charge on any atom is -0.478 e. The van der Waals surface area contributed by atoms with Crippen LogP contribution in [0.2, 0.25) is 0 Å². The molecule has 0 heterocycles. The van der Waals surface area contributed by atoms with Crippen LogP contribution in [0.5, 0.6) is 0 Å². The maximum absolute atomic E-state index is 12.5. The molecule has 0 unspecified atom stereocenters. The van der Waals surface area contributed by atoms with Crippen molar-refractivity contribution in [3.8, 4) is 0 Å². The lowest BCUT2D eigenvalue weighted by Crippen LogP contribution is -2.45. The summed E-state index contributed by atoms with van der Waals surface area (Å²) in [7, 11) is 1.26. The van der Waals surface area contributed by atoms with Gasteiger partial charge >= 0.3 is 29.8 Å². The molecule has 0 spiro atoms. The fourth-order valence-electron chi connectivity index (χ4n) is 2.93. The van der Waals surface area contributed by atoms with Crippen LogP contribution in [0.25, 0.3) is 0 Å². The number of ether oxygens (including phenoxy) is 3. The lowest BCUT2D eigenvalue weighted by Gasteiger charge is -2.21. The van der Waals surface area contributed by atoms with Gasteiger partial charge in [-0.1, -0.05) is 48.5 Å². The number of carboxylic acids is 2. The van der Waals surface area contributed by atoms with Crippen LogP contribution in [0.4, 0.5) is 4.39 Å². The monoisotopic (exact) mass is 541 g/mol. The smallest absolute Gasteiger partial charge is 0.349 e. The number of carboxylic acid groups (broad SMARTS) is 2. The van der Waals surface area contributed by atoms with Crippen molar-refractivity contribution < 1.29 is 52.8 Å². The third-order valence-electron chi connectivity index (χ3n) is 4.93. The van der Waals surface area contributed by atoms with Gasteiger partial charge < -0.3 is 30.2 Å². The Hall–Kier alpha value is -5.10. The summed E-state index contributed by atoms with van der Waals surface area (Å²) in [6, 6.07) is 19.4. The maximum Gasteiger partial charge on any atom is 0.349 e. The van der Waals surface area contributed by atoms with Gasteiger partial charge in [0.25, 0.3) is 0 Å². The topological polar surface area (TPSA) is 180 Å². The molecule has 0 aliphatic heterocycles. The molecule has 12 heteroatoms. The second-order valence-corrected chi connectivity index (χ2v) is 7.61. The minimum absolute atomic E-state index is 0.0253. The van der Waals surface area contributed by atoms with Gasteiger partial charge in [0.2, 0.25) is 12.2 Å². The first-order valence-electron chi connectivity index (χ1n) is 11.1. The first-order chi connectivity index (χ1) is 18.5. The standard InChI is InChI=1S/C18H14O8.C9H10FNO2/c19-15(20)13(25-17(23)11-7-3-1-4-8-11)14(16(21)22)26-18(24)12-9-5-2-6-10-12;1-13-9(12)8(11)6-2-4-7(10)5-3-6/h1-10,13-14H,(H,19,20)(H,21,22);2-5,8H,11H2,1H3/t13-,14-;8-/m11/s1. The van der Waals surface area contributed by atoms with Gasteiger partial charge in [-0.2, -0.15) is 0 Å². The van der Waals surface area contributed by atoms with Gasteiger partial charge in [0.05, 0.1) is 18.2 Å². The number of carbonyl (C=O) groups excluding carboxylic acids is 3. The Kier molecular flexibility index (Phi) is 11.3. The molecule has 0 aromatic heterocycles. The number of nitrogens with two attached hydrogens (primary N) is 1. The molecule has 0 saturated heterocycles. The van der Waals surface area contributed by atoms with E-state index < -0.39 is 48.1 Å². The van der Waals surface area contributed by atoms with Crippen molar-refractivity contribution in [3.63, 3.8) is 0 Å². The van der Waals surface area contributed by atoms with E-state index in [9.17, 15) is 38.6 Å². The molecule has 3 atom stereocenters. The quantitative estimate of drug-likeness (QED) is 0.268. The summed E-state index contributed by atoms with van der Waals surface area (Å²) in [5.74, 6) is -6.53. The van der Waals surface area contributed by atoms with Crippen molar-refractivity contribution in [1.29, 1.82) is 0 Å². The Morgan fingerprint density at radius 2 is 1.08 bits per heavy atom. The van der Waals surface area contributed by atoms with Crippen molar-refractivity contribution in [2.45, 2.75) is 18.2 Å².